The van der Waals surface area contributed by atoms with E-state index < -0.39 is 0 Å². The summed E-state index contributed by atoms with van der Waals surface area (Å²) in [7, 11) is 0. The van der Waals surface area contributed by atoms with E-state index in [9.17, 15) is 5.11 Å². The Morgan fingerprint density at radius 3 is 1.70 bits per heavy atom. The van der Waals surface area contributed by atoms with Crippen molar-refractivity contribution in [3.05, 3.63) is 30.3 Å². The predicted molar refractivity (Wildman–Crippen MR) is 26.7 cm³/mol. The Hall–Kier alpha value is 0.175. The van der Waals surface area contributed by atoms with Gasteiger partial charge in [-0.15, -0.1) is 0 Å². The van der Waals surface area contributed by atoms with Crippen molar-refractivity contribution in [1.29, 1.82) is 0 Å². The largest absolute Gasteiger partial charge is 1.00 e. The van der Waals surface area contributed by atoms with Crippen molar-refractivity contribution in [2.45, 2.75) is 0 Å². The summed E-state index contributed by atoms with van der Waals surface area (Å²) in [6, 6.07) is 8.88. The summed E-state index contributed by atoms with van der Waals surface area (Å²) in [6.07, 6.45) is 0. The molecule has 0 aromatic heterocycles. The van der Waals surface area contributed by atoms with Gasteiger partial charge in [-0.25, -0.2) is 5.75 Å². The average Bonchev–Trinajstić information content (AvgIpc) is 1.69. The zero-order valence-electron chi connectivity index (χ0n) is 6.16. The number of benzene rings is 1. The van der Waals surface area contributed by atoms with Crippen LogP contribution in [0.2, 0.25) is 0 Å². The van der Waals surface area contributed by atoms with Gasteiger partial charge >= 0.3 is 37.7 Å². The van der Waals surface area contributed by atoms with Crippen molar-refractivity contribution in [2.24, 2.45) is 0 Å². The summed E-state index contributed by atoms with van der Waals surface area (Å²) in [5.74, 6) is 0.0405. The van der Waals surface area contributed by atoms with Crippen molar-refractivity contribution >= 4 is 0 Å². The standard InChI is InChI=1S/C6H5O.2Li.H2O/c7-6-4-2-1-3-5-6;;;/h2-5,7H;;;1H2/q-1;2*+1;/p-2. The first kappa shape index (κ1) is 16.6. The van der Waals surface area contributed by atoms with Gasteiger partial charge in [0.2, 0.25) is 0 Å². The molecule has 0 fully saturated rings. The molecule has 0 aliphatic rings. The van der Waals surface area contributed by atoms with Crippen molar-refractivity contribution < 1.29 is 48.3 Å². The van der Waals surface area contributed by atoms with Crippen LogP contribution in [-0.2, 0) is 0 Å². The maximum Gasteiger partial charge on any atom is 1.00 e. The molecule has 0 heterocycles. The van der Waals surface area contributed by atoms with Crippen LogP contribution >= 0.6 is 0 Å². The molecule has 10 heavy (non-hydrogen) atoms. The molecule has 0 aliphatic heterocycles. The van der Waals surface area contributed by atoms with Crippen LogP contribution in [0.25, 0.3) is 0 Å². The molecule has 0 spiro atoms. The second kappa shape index (κ2) is 9.17. The molecule has 0 radical (unpaired) electrons. The Morgan fingerprint density at radius 1 is 1.10 bits per heavy atom. The molecule has 44 valence electrons. The molecule has 1 rings (SSSR count). The minimum Gasteiger partial charge on any atom is -0.891 e. The van der Waals surface area contributed by atoms with Crippen LogP contribution in [0.5, 0.6) is 5.75 Å². The molecule has 0 atom stereocenters. The monoisotopic (exact) mass is 123 g/mol. The molecule has 4 heteroatoms. The minimum atomic E-state index is 0. The molecule has 0 unspecified atom stereocenters. The third-order valence-electron chi connectivity index (χ3n) is 0.688. The SMILES string of the molecule is [Li+].[Li+].[O-]c1cc[c-]cc1.[OH-]. The van der Waals surface area contributed by atoms with Crippen LogP contribution < -0.4 is 42.8 Å². The van der Waals surface area contributed by atoms with Crippen LogP contribution in [0.15, 0.2) is 24.3 Å². The van der Waals surface area contributed by atoms with Gasteiger partial charge in [0.15, 0.2) is 0 Å². The van der Waals surface area contributed by atoms with Gasteiger partial charge in [0.25, 0.3) is 0 Å². The second-order valence-corrected chi connectivity index (χ2v) is 1.24. The molecular weight excluding hydrogens is 118 g/mol. The predicted octanol–water partition coefficient (Wildman–Crippen LogP) is -5.61. The van der Waals surface area contributed by atoms with Crippen LogP contribution in [0.3, 0.4) is 0 Å². The van der Waals surface area contributed by atoms with Gasteiger partial charge in [0, 0.05) is 0 Å². The summed E-state index contributed by atoms with van der Waals surface area (Å²) in [5.41, 5.74) is 0. The molecule has 0 amide bonds. The molecule has 1 N–H and O–H groups in total. The molecular formula is C6H5Li2O2-. The molecule has 0 saturated carbocycles. The van der Waals surface area contributed by atoms with Crippen molar-refractivity contribution in [2.75, 3.05) is 0 Å². The Bertz CT molecular complexity index is 144. The molecule has 1 aromatic carbocycles. The minimum absolute atomic E-state index is 0. The fourth-order valence-electron chi connectivity index (χ4n) is 0.372. The molecule has 1 aromatic rings. The van der Waals surface area contributed by atoms with Gasteiger partial charge < -0.3 is 10.6 Å². The summed E-state index contributed by atoms with van der Waals surface area (Å²) >= 11 is 0. The van der Waals surface area contributed by atoms with Crippen molar-refractivity contribution in [3.8, 4) is 5.75 Å². The molecule has 0 bridgehead atoms. The van der Waals surface area contributed by atoms with E-state index in [-0.39, 0.29) is 48.9 Å². The Kier molecular flexibility index (Phi) is 15.3. The third-order valence-corrected chi connectivity index (χ3v) is 0.688. The Labute approximate surface area is 84.3 Å². The summed E-state index contributed by atoms with van der Waals surface area (Å²) in [6.45, 7) is 0. The van der Waals surface area contributed by atoms with Crippen molar-refractivity contribution in [1.82, 2.24) is 0 Å². The Morgan fingerprint density at radius 2 is 1.50 bits per heavy atom. The van der Waals surface area contributed by atoms with Gasteiger partial charge in [-0.3, -0.25) is 0 Å². The molecule has 0 saturated heterocycles. The first-order valence-electron chi connectivity index (χ1n) is 2.03. The summed E-state index contributed by atoms with van der Waals surface area (Å²) < 4.78 is 0. The number of hydrogen-bond donors (Lipinski definition) is 0. The van der Waals surface area contributed by atoms with E-state index in [1.165, 1.54) is 12.1 Å². The maximum absolute atomic E-state index is 10.2. The zero-order valence-corrected chi connectivity index (χ0v) is 6.16. The van der Waals surface area contributed by atoms with Crippen molar-refractivity contribution in [3.63, 3.8) is 0 Å². The number of rotatable bonds is 0. The first-order chi connectivity index (χ1) is 3.39. The zero-order chi connectivity index (χ0) is 5.11. The van der Waals surface area contributed by atoms with Crippen LogP contribution in [-0.4, -0.2) is 5.48 Å². The molecule has 2 nitrogen and oxygen atoms in total. The fourth-order valence-corrected chi connectivity index (χ4v) is 0.372. The van der Waals surface area contributed by atoms with E-state index in [1.54, 1.807) is 12.1 Å². The average molecular weight is 123 g/mol. The van der Waals surface area contributed by atoms with Gasteiger partial charge in [-0.1, -0.05) is 0 Å². The van der Waals surface area contributed by atoms with E-state index in [1.807, 2.05) is 0 Å². The van der Waals surface area contributed by atoms with E-state index in [4.69, 9.17) is 0 Å². The molecule has 0 aliphatic carbocycles. The van der Waals surface area contributed by atoms with E-state index in [0.717, 1.165) is 0 Å². The second-order valence-electron chi connectivity index (χ2n) is 1.24. The first-order valence-corrected chi connectivity index (χ1v) is 2.03. The Balaban J connectivity index is -0.000000163. The normalized spacial score (nSPS) is 6.00. The van der Waals surface area contributed by atoms with E-state index in [0.29, 0.717) is 0 Å². The van der Waals surface area contributed by atoms with Crippen LogP contribution in [0.1, 0.15) is 0 Å². The van der Waals surface area contributed by atoms with Crippen LogP contribution in [0, 0.1) is 6.07 Å². The van der Waals surface area contributed by atoms with E-state index in [2.05, 4.69) is 6.07 Å². The fraction of sp³-hybridized carbons (Fsp3) is 0. The van der Waals surface area contributed by atoms with E-state index >= 15 is 0 Å². The van der Waals surface area contributed by atoms with Crippen LogP contribution in [0.4, 0.5) is 0 Å². The van der Waals surface area contributed by atoms with Gasteiger partial charge in [-0.2, -0.15) is 30.3 Å². The topological polar surface area (TPSA) is 53.1 Å². The van der Waals surface area contributed by atoms with Gasteiger partial charge in [0.1, 0.15) is 0 Å². The summed E-state index contributed by atoms with van der Waals surface area (Å²) in [4.78, 5) is 0. The third kappa shape index (κ3) is 6.30. The smallest absolute Gasteiger partial charge is 0.891 e. The quantitative estimate of drug-likeness (QED) is 0.255. The van der Waals surface area contributed by atoms with Gasteiger partial charge in [0.05, 0.1) is 0 Å². The van der Waals surface area contributed by atoms with Gasteiger partial charge in [-0.05, 0) is 0 Å². The summed E-state index contributed by atoms with van der Waals surface area (Å²) in [5, 5.41) is 10.2. The maximum atomic E-state index is 10.2. The number of hydrogen-bond acceptors (Lipinski definition) is 2.